The summed E-state index contributed by atoms with van der Waals surface area (Å²) >= 11 is 3.49. The van der Waals surface area contributed by atoms with Gasteiger partial charge in [0.25, 0.3) is 11.5 Å². The zero-order chi connectivity index (χ0) is 26.6. The van der Waals surface area contributed by atoms with Crippen molar-refractivity contribution in [2.75, 3.05) is 12.4 Å². The van der Waals surface area contributed by atoms with E-state index >= 15 is 0 Å². The number of ether oxygens (including phenoxy) is 1. The fourth-order valence-electron chi connectivity index (χ4n) is 4.35. The number of hydrogen-bond donors (Lipinski definition) is 1. The van der Waals surface area contributed by atoms with Gasteiger partial charge in [0, 0.05) is 27.2 Å². The summed E-state index contributed by atoms with van der Waals surface area (Å²) < 4.78 is 7.37. The van der Waals surface area contributed by atoms with Gasteiger partial charge >= 0.3 is 5.97 Å². The predicted molar refractivity (Wildman–Crippen MR) is 150 cm³/mol. The van der Waals surface area contributed by atoms with E-state index in [1.165, 1.54) is 11.7 Å². The molecule has 2 heterocycles. The minimum Gasteiger partial charge on any atom is -0.464 e. The van der Waals surface area contributed by atoms with E-state index in [0.717, 1.165) is 15.6 Å². The SMILES string of the molecule is COC(=O)c1c(-c2ccccc2)c2cc(Br)ccc2c(=O)n1Cc1ccc(C(=O)Nc2ccccn2)cc1. The highest BCUT2D eigenvalue weighted by atomic mass is 79.9. The summed E-state index contributed by atoms with van der Waals surface area (Å²) in [6.07, 6.45) is 1.60. The molecule has 1 amide bonds. The third-order valence-electron chi connectivity index (χ3n) is 6.14. The van der Waals surface area contributed by atoms with Crippen molar-refractivity contribution in [1.29, 1.82) is 0 Å². The minimum atomic E-state index is -0.616. The molecule has 7 nitrogen and oxygen atoms in total. The van der Waals surface area contributed by atoms with Crippen molar-refractivity contribution >= 4 is 44.4 Å². The second-order valence-corrected chi connectivity index (χ2v) is 9.44. The lowest BCUT2D eigenvalue weighted by Gasteiger charge is -2.19. The van der Waals surface area contributed by atoms with Crippen LogP contribution >= 0.6 is 15.9 Å². The molecule has 0 atom stereocenters. The first-order valence-electron chi connectivity index (χ1n) is 11.8. The van der Waals surface area contributed by atoms with E-state index in [2.05, 4.69) is 26.2 Å². The quantitative estimate of drug-likeness (QED) is 0.257. The van der Waals surface area contributed by atoms with Gasteiger partial charge in [-0.2, -0.15) is 0 Å². The smallest absolute Gasteiger partial charge is 0.355 e. The number of anilines is 1. The summed E-state index contributed by atoms with van der Waals surface area (Å²) in [6.45, 7) is 0.108. The molecule has 1 N–H and O–H groups in total. The highest BCUT2D eigenvalue weighted by Gasteiger charge is 2.24. The molecule has 5 rings (SSSR count). The molecule has 0 aliphatic rings. The van der Waals surface area contributed by atoms with Gasteiger partial charge in [-0.25, -0.2) is 9.78 Å². The van der Waals surface area contributed by atoms with Crippen LogP contribution in [0.2, 0.25) is 0 Å². The standard InChI is InChI=1S/C30H22BrN3O4/c1-38-30(37)27-26(20-7-3-2-4-8-20)24-17-22(31)14-15-23(24)29(36)34(27)18-19-10-12-21(13-11-19)28(35)33-25-9-5-6-16-32-25/h2-17H,18H2,1H3,(H,32,33,35). The number of carbonyl (C=O) groups excluding carboxylic acids is 2. The van der Waals surface area contributed by atoms with Gasteiger partial charge < -0.3 is 10.1 Å². The molecule has 0 aliphatic heterocycles. The lowest BCUT2D eigenvalue weighted by molar-refractivity contribution is 0.0588. The number of esters is 1. The largest absolute Gasteiger partial charge is 0.464 e. The summed E-state index contributed by atoms with van der Waals surface area (Å²) in [4.78, 5) is 43.6. The van der Waals surface area contributed by atoms with Crippen LogP contribution in [0, 0.1) is 0 Å². The number of amides is 1. The first-order chi connectivity index (χ1) is 18.5. The van der Waals surface area contributed by atoms with Crippen LogP contribution < -0.4 is 10.9 Å². The molecule has 38 heavy (non-hydrogen) atoms. The van der Waals surface area contributed by atoms with Crippen molar-refractivity contribution in [2.45, 2.75) is 6.54 Å². The molecular formula is C30H22BrN3O4. The first kappa shape index (κ1) is 25.1. The topological polar surface area (TPSA) is 90.3 Å². The highest BCUT2D eigenvalue weighted by molar-refractivity contribution is 9.10. The second kappa shape index (κ2) is 10.8. The molecular weight excluding hydrogens is 546 g/mol. The Morgan fingerprint density at radius 2 is 1.66 bits per heavy atom. The average molecular weight is 568 g/mol. The number of nitrogens with zero attached hydrogens (tertiary/aromatic N) is 2. The lowest BCUT2D eigenvalue weighted by Crippen LogP contribution is -2.28. The summed E-state index contributed by atoms with van der Waals surface area (Å²) in [5.41, 5.74) is 2.41. The van der Waals surface area contributed by atoms with Crippen LogP contribution in [-0.2, 0) is 11.3 Å². The Bertz CT molecular complexity index is 1700. The van der Waals surface area contributed by atoms with Crippen LogP contribution in [0.3, 0.4) is 0 Å². The minimum absolute atomic E-state index is 0.108. The number of benzene rings is 3. The normalized spacial score (nSPS) is 10.8. The van der Waals surface area contributed by atoms with Crippen molar-refractivity contribution in [3.8, 4) is 11.1 Å². The average Bonchev–Trinajstić information content (AvgIpc) is 2.95. The molecule has 8 heteroatoms. The summed E-state index contributed by atoms with van der Waals surface area (Å²) in [5.74, 6) is -0.466. The maximum atomic E-state index is 13.7. The molecule has 0 unspecified atom stereocenters. The van der Waals surface area contributed by atoms with E-state index in [1.54, 1.807) is 60.8 Å². The first-order valence-corrected chi connectivity index (χ1v) is 12.6. The van der Waals surface area contributed by atoms with E-state index in [9.17, 15) is 14.4 Å². The van der Waals surface area contributed by atoms with Gasteiger partial charge in [-0.3, -0.25) is 14.2 Å². The zero-order valence-corrected chi connectivity index (χ0v) is 21.9. The van der Waals surface area contributed by atoms with Crippen LogP contribution in [0.4, 0.5) is 5.82 Å². The van der Waals surface area contributed by atoms with Crippen LogP contribution in [0.25, 0.3) is 21.9 Å². The summed E-state index contributed by atoms with van der Waals surface area (Å²) in [6, 6.07) is 26.9. The van der Waals surface area contributed by atoms with Crippen molar-refractivity contribution < 1.29 is 14.3 Å². The molecule has 2 aromatic heterocycles. The Morgan fingerprint density at radius 1 is 0.921 bits per heavy atom. The van der Waals surface area contributed by atoms with Gasteiger partial charge in [-0.1, -0.05) is 64.5 Å². The molecule has 0 radical (unpaired) electrons. The Labute approximate surface area is 226 Å². The Kier molecular flexibility index (Phi) is 7.15. The van der Waals surface area contributed by atoms with Gasteiger partial charge in [0.1, 0.15) is 11.5 Å². The van der Waals surface area contributed by atoms with Crippen molar-refractivity contribution in [1.82, 2.24) is 9.55 Å². The van der Waals surface area contributed by atoms with Crippen molar-refractivity contribution in [2.24, 2.45) is 0 Å². The second-order valence-electron chi connectivity index (χ2n) is 8.53. The summed E-state index contributed by atoms with van der Waals surface area (Å²) in [5, 5.41) is 3.87. The van der Waals surface area contributed by atoms with E-state index in [0.29, 0.717) is 27.7 Å². The van der Waals surface area contributed by atoms with Crippen molar-refractivity contribution in [3.63, 3.8) is 0 Å². The third-order valence-corrected chi connectivity index (χ3v) is 6.63. The number of nitrogens with one attached hydrogen (secondary N) is 1. The number of hydrogen-bond acceptors (Lipinski definition) is 5. The number of rotatable bonds is 6. The van der Waals surface area contributed by atoms with E-state index in [-0.39, 0.29) is 23.7 Å². The Balaban J connectivity index is 1.60. The van der Waals surface area contributed by atoms with Crippen molar-refractivity contribution in [3.05, 3.63) is 129 Å². The van der Waals surface area contributed by atoms with E-state index in [4.69, 9.17) is 4.74 Å². The van der Waals surface area contributed by atoms with Crippen LogP contribution in [-0.4, -0.2) is 28.5 Å². The number of aromatic nitrogens is 2. The maximum absolute atomic E-state index is 13.7. The summed E-state index contributed by atoms with van der Waals surface area (Å²) in [7, 11) is 1.30. The Morgan fingerprint density at radius 3 is 2.34 bits per heavy atom. The van der Waals surface area contributed by atoms with Crippen LogP contribution in [0.15, 0.2) is 106 Å². The molecule has 0 saturated heterocycles. The van der Waals surface area contributed by atoms with E-state index in [1.807, 2.05) is 36.4 Å². The number of halogens is 1. The monoisotopic (exact) mass is 567 g/mol. The molecule has 3 aromatic carbocycles. The Hall–Kier alpha value is -4.56. The lowest BCUT2D eigenvalue weighted by atomic mass is 9.96. The molecule has 5 aromatic rings. The van der Waals surface area contributed by atoms with Gasteiger partial charge in [-0.05, 0) is 59.0 Å². The van der Waals surface area contributed by atoms with Gasteiger partial charge in [0.15, 0.2) is 0 Å². The van der Waals surface area contributed by atoms with Gasteiger partial charge in [-0.15, -0.1) is 0 Å². The molecule has 0 aliphatic carbocycles. The van der Waals surface area contributed by atoms with Gasteiger partial charge in [0.05, 0.1) is 13.7 Å². The number of pyridine rings is 2. The van der Waals surface area contributed by atoms with Gasteiger partial charge in [0.2, 0.25) is 0 Å². The fraction of sp³-hybridized carbons (Fsp3) is 0.0667. The highest BCUT2D eigenvalue weighted by Crippen LogP contribution is 2.33. The molecule has 0 bridgehead atoms. The maximum Gasteiger partial charge on any atom is 0.355 e. The predicted octanol–water partition coefficient (Wildman–Crippen LogP) is 5.91. The number of carbonyl (C=O) groups is 2. The van der Waals surface area contributed by atoms with Crippen LogP contribution in [0.1, 0.15) is 26.4 Å². The zero-order valence-electron chi connectivity index (χ0n) is 20.4. The third kappa shape index (κ3) is 4.99. The number of methoxy groups -OCH3 is 1. The number of fused-ring (bicyclic) bond motifs is 1. The van der Waals surface area contributed by atoms with Crippen LogP contribution in [0.5, 0.6) is 0 Å². The molecule has 0 fully saturated rings. The molecule has 0 saturated carbocycles. The fourth-order valence-corrected chi connectivity index (χ4v) is 4.71. The molecule has 188 valence electrons. The van der Waals surface area contributed by atoms with E-state index < -0.39 is 5.97 Å². The molecule has 0 spiro atoms.